The fourth-order valence-corrected chi connectivity index (χ4v) is 3.87. The summed E-state index contributed by atoms with van der Waals surface area (Å²) >= 11 is 0. The molecule has 1 aliphatic carbocycles. The number of benzene rings is 2. The standard InChI is InChI=1S/C21H22O3S/c1-14(2)16-5-4-6-17(13-16)21-19(11-12-20(21)22)15-7-9-18(10-8-15)25(3,23)24/h4-10,13-14H,11-12H2,1-3H3. The Bertz CT molecular complexity index is 949. The number of ketones is 1. The zero-order chi connectivity index (χ0) is 18.2. The van der Waals surface area contributed by atoms with Crippen LogP contribution in [0.25, 0.3) is 11.1 Å². The average molecular weight is 354 g/mol. The lowest BCUT2D eigenvalue weighted by molar-refractivity contribution is -0.113. The summed E-state index contributed by atoms with van der Waals surface area (Å²) in [7, 11) is -3.22. The molecule has 2 aromatic carbocycles. The monoisotopic (exact) mass is 354 g/mol. The highest BCUT2D eigenvalue weighted by atomic mass is 32.2. The van der Waals surface area contributed by atoms with Crippen LogP contribution in [0.1, 0.15) is 49.3 Å². The lowest BCUT2D eigenvalue weighted by Gasteiger charge is -2.11. The molecule has 0 amide bonds. The Morgan fingerprint density at radius 1 is 0.920 bits per heavy atom. The van der Waals surface area contributed by atoms with Gasteiger partial charge in [-0.1, -0.05) is 50.2 Å². The van der Waals surface area contributed by atoms with E-state index in [1.165, 1.54) is 11.8 Å². The molecule has 2 aromatic rings. The van der Waals surface area contributed by atoms with Gasteiger partial charge in [0.1, 0.15) is 0 Å². The summed E-state index contributed by atoms with van der Waals surface area (Å²) in [5.41, 5.74) is 4.86. The van der Waals surface area contributed by atoms with Crippen molar-refractivity contribution in [1.82, 2.24) is 0 Å². The summed E-state index contributed by atoms with van der Waals surface area (Å²) in [5.74, 6) is 0.553. The molecule has 0 heterocycles. The van der Waals surface area contributed by atoms with Crippen molar-refractivity contribution in [3.05, 3.63) is 65.2 Å². The van der Waals surface area contributed by atoms with Crippen LogP contribution in [-0.4, -0.2) is 20.5 Å². The molecule has 0 bridgehead atoms. The third kappa shape index (κ3) is 3.59. The Kier molecular flexibility index (Phi) is 4.65. The molecule has 0 saturated heterocycles. The first-order chi connectivity index (χ1) is 11.8. The van der Waals surface area contributed by atoms with Crippen LogP contribution >= 0.6 is 0 Å². The van der Waals surface area contributed by atoms with E-state index >= 15 is 0 Å². The van der Waals surface area contributed by atoms with Gasteiger partial charge in [-0.15, -0.1) is 0 Å². The molecule has 0 spiro atoms. The number of carbonyl (C=O) groups excluding carboxylic acids is 1. The third-order valence-electron chi connectivity index (χ3n) is 4.66. The summed E-state index contributed by atoms with van der Waals surface area (Å²) in [4.78, 5) is 12.8. The maximum Gasteiger partial charge on any atom is 0.175 e. The minimum atomic E-state index is -3.22. The summed E-state index contributed by atoms with van der Waals surface area (Å²) in [6.07, 6.45) is 2.39. The van der Waals surface area contributed by atoms with Crippen LogP contribution in [0.2, 0.25) is 0 Å². The van der Waals surface area contributed by atoms with Gasteiger partial charge in [0.15, 0.2) is 15.6 Å². The van der Waals surface area contributed by atoms with Crippen LogP contribution in [0.15, 0.2) is 53.4 Å². The highest BCUT2D eigenvalue weighted by Crippen LogP contribution is 2.38. The van der Waals surface area contributed by atoms with Crippen LogP contribution in [0.5, 0.6) is 0 Å². The van der Waals surface area contributed by atoms with E-state index in [1.54, 1.807) is 24.3 Å². The van der Waals surface area contributed by atoms with Crippen molar-refractivity contribution in [2.45, 2.75) is 37.5 Å². The van der Waals surface area contributed by atoms with Gasteiger partial charge in [0.05, 0.1) is 4.90 Å². The van der Waals surface area contributed by atoms with Gasteiger partial charge in [0, 0.05) is 18.2 Å². The van der Waals surface area contributed by atoms with Gasteiger partial charge in [0.2, 0.25) is 0 Å². The smallest absolute Gasteiger partial charge is 0.175 e. The van der Waals surface area contributed by atoms with Gasteiger partial charge in [-0.2, -0.15) is 0 Å². The molecule has 0 fully saturated rings. The SMILES string of the molecule is CC(C)c1cccc(C2=C(c3ccc(S(C)(=O)=O)cc3)CCC2=O)c1. The normalized spacial score (nSPS) is 15.3. The summed E-state index contributed by atoms with van der Waals surface area (Å²) in [5, 5.41) is 0. The van der Waals surface area contributed by atoms with Crippen molar-refractivity contribution >= 4 is 26.8 Å². The van der Waals surface area contributed by atoms with Crippen molar-refractivity contribution in [2.24, 2.45) is 0 Å². The first-order valence-electron chi connectivity index (χ1n) is 8.44. The number of Topliss-reactive ketones (excluding diaryl/α,β-unsaturated/α-hetero) is 1. The highest BCUT2D eigenvalue weighted by molar-refractivity contribution is 7.90. The molecule has 0 N–H and O–H groups in total. The lowest BCUT2D eigenvalue weighted by atomic mass is 9.93. The molecule has 0 radical (unpaired) electrons. The third-order valence-corrected chi connectivity index (χ3v) is 5.78. The zero-order valence-corrected chi connectivity index (χ0v) is 15.6. The van der Waals surface area contributed by atoms with Crippen LogP contribution < -0.4 is 0 Å². The topological polar surface area (TPSA) is 51.2 Å². The van der Waals surface area contributed by atoms with Crippen molar-refractivity contribution in [1.29, 1.82) is 0 Å². The second kappa shape index (κ2) is 6.60. The molecule has 0 unspecified atom stereocenters. The maximum atomic E-state index is 12.5. The van der Waals surface area contributed by atoms with Gasteiger partial charge in [-0.05, 0) is 46.7 Å². The van der Waals surface area contributed by atoms with Crippen molar-refractivity contribution in [3.63, 3.8) is 0 Å². The molecule has 3 nitrogen and oxygen atoms in total. The van der Waals surface area contributed by atoms with Gasteiger partial charge < -0.3 is 0 Å². The molecule has 0 aromatic heterocycles. The zero-order valence-electron chi connectivity index (χ0n) is 14.7. The molecular formula is C21H22O3S. The predicted molar refractivity (Wildman–Crippen MR) is 101 cm³/mol. The van der Waals surface area contributed by atoms with Gasteiger partial charge >= 0.3 is 0 Å². The summed E-state index contributed by atoms with van der Waals surface area (Å²) < 4.78 is 23.3. The average Bonchev–Trinajstić information content (AvgIpc) is 2.96. The minimum absolute atomic E-state index is 0.156. The Morgan fingerprint density at radius 3 is 2.20 bits per heavy atom. The number of allylic oxidation sites excluding steroid dienone is 2. The van der Waals surface area contributed by atoms with E-state index in [-0.39, 0.29) is 5.78 Å². The Hall–Kier alpha value is -2.20. The number of hydrogen-bond acceptors (Lipinski definition) is 3. The molecule has 4 heteroatoms. The van der Waals surface area contributed by atoms with Crippen molar-refractivity contribution < 1.29 is 13.2 Å². The fraction of sp³-hybridized carbons (Fsp3) is 0.286. The van der Waals surface area contributed by atoms with E-state index in [0.717, 1.165) is 22.3 Å². The van der Waals surface area contributed by atoms with Crippen molar-refractivity contribution in [3.8, 4) is 0 Å². The molecule has 1 aliphatic rings. The van der Waals surface area contributed by atoms with E-state index in [1.807, 2.05) is 12.1 Å². The molecule has 0 saturated carbocycles. The number of carbonyl (C=O) groups is 1. The van der Waals surface area contributed by atoms with Crippen LogP contribution in [0.3, 0.4) is 0 Å². The quantitative estimate of drug-likeness (QED) is 0.813. The highest BCUT2D eigenvalue weighted by Gasteiger charge is 2.25. The Morgan fingerprint density at radius 2 is 1.60 bits per heavy atom. The minimum Gasteiger partial charge on any atom is -0.294 e. The number of sulfone groups is 1. The van der Waals surface area contributed by atoms with Crippen LogP contribution in [0.4, 0.5) is 0 Å². The van der Waals surface area contributed by atoms with Gasteiger partial charge in [-0.25, -0.2) is 8.42 Å². The second-order valence-corrected chi connectivity index (χ2v) is 8.87. The molecule has 130 valence electrons. The van der Waals surface area contributed by atoms with E-state index in [9.17, 15) is 13.2 Å². The van der Waals surface area contributed by atoms with E-state index in [2.05, 4.69) is 26.0 Å². The van der Waals surface area contributed by atoms with E-state index < -0.39 is 9.84 Å². The molecular weight excluding hydrogens is 332 g/mol. The molecule has 3 rings (SSSR count). The first-order valence-corrected chi connectivity index (χ1v) is 10.3. The van der Waals surface area contributed by atoms with Crippen LogP contribution in [0, 0.1) is 0 Å². The van der Waals surface area contributed by atoms with Crippen LogP contribution in [-0.2, 0) is 14.6 Å². The molecule has 25 heavy (non-hydrogen) atoms. The fourth-order valence-electron chi connectivity index (χ4n) is 3.24. The number of hydrogen-bond donors (Lipinski definition) is 0. The maximum absolute atomic E-state index is 12.5. The van der Waals surface area contributed by atoms with Crippen molar-refractivity contribution in [2.75, 3.05) is 6.26 Å². The second-order valence-electron chi connectivity index (χ2n) is 6.85. The summed E-state index contributed by atoms with van der Waals surface area (Å²) in [6.45, 7) is 4.27. The number of rotatable bonds is 4. The van der Waals surface area contributed by atoms with Gasteiger partial charge in [-0.3, -0.25) is 4.79 Å². The van der Waals surface area contributed by atoms with E-state index in [4.69, 9.17) is 0 Å². The molecule has 0 atom stereocenters. The predicted octanol–water partition coefficient (Wildman–Crippen LogP) is 4.49. The largest absolute Gasteiger partial charge is 0.294 e. The Labute approximate surface area is 149 Å². The lowest BCUT2D eigenvalue weighted by Crippen LogP contribution is -1.99. The first kappa shape index (κ1) is 17.6. The van der Waals surface area contributed by atoms with Gasteiger partial charge in [0.25, 0.3) is 0 Å². The Balaban J connectivity index is 2.09. The van der Waals surface area contributed by atoms with E-state index in [0.29, 0.717) is 23.7 Å². The molecule has 0 aliphatic heterocycles. The summed E-state index contributed by atoms with van der Waals surface area (Å²) in [6, 6.07) is 15.0.